The van der Waals surface area contributed by atoms with Gasteiger partial charge in [0.2, 0.25) is 10.0 Å². The predicted molar refractivity (Wildman–Crippen MR) is 137 cm³/mol. The molecular formula is C23H24F2N4O6S3. The van der Waals surface area contributed by atoms with Gasteiger partial charge in [-0.25, -0.2) is 21.9 Å². The lowest BCUT2D eigenvalue weighted by Gasteiger charge is -2.44. The lowest BCUT2D eigenvalue weighted by atomic mass is 9.78. The number of thiophene rings is 1. The second-order valence-electron chi connectivity index (χ2n) is 9.44. The van der Waals surface area contributed by atoms with Gasteiger partial charge < -0.3 is 15.3 Å². The second kappa shape index (κ2) is 9.70. The Hall–Kier alpha value is -2.88. The Morgan fingerprint density at radius 3 is 2.68 bits per heavy atom. The second-order valence-corrected chi connectivity index (χ2v) is 13.7. The summed E-state index contributed by atoms with van der Waals surface area (Å²) < 4.78 is 83.3. The molecule has 1 aromatic heterocycles. The van der Waals surface area contributed by atoms with E-state index in [1.165, 1.54) is 16.3 Å². The number of rotatable bonds is 6. The average Bonchev–Trinajstić information content (AvgIpc) is 3.25. The summed E-state index contributed by atoms with van der Waals surface area (Å²) in [4.78, 5) is 14.9. The van der Waals surface area contributed by atoms with Gasteiger partial charge >= 0.3 is 0 Å². The van der Waals surface area contributed by atoms with Crippen LogP contribution in [0, 0.1) is 17.6 Å². The van der Waals surface area contributed by atoms with E-state index in [9.17, 15) is 35.5 Å². The van der Waals surface area contributed by atoms with Crippen molar-refractivity contribution in [2.45, 2.75) is 49.7 Å². The average molecular weight is 587 g/mol. The minimum absolute atomic E-state index is 0.0829. The van der Waals surface area contributed by atoms with Crippen LogP contribution in [-0.2, 0) is 37.9 Å². The van der Waals surface area contributed by atoms with Gasteiger partial charge in [-0.3, -0.25) is 4.79 Å². The highest BCUT2D eigenvalue weighted by atomic mass is 32.2. The lowest BCUT2D eigenvalue weighted by molar-refractivity contribution is -0.133. The molecule has 2 aromatic rings. The quantitative estimate of drug-likeness (QED) is 0.472. The molecule has 1 saturated carbocycles. The van der Waals surface area contributed by atoms with Crippen molar-refractivity contribution in [2.75, 3.05) is 11.6 Å². The Morgan fingerprint density at radius 1 is 1.24 bits per heavy atom. The molecule has 1 fully saturated rings. The van der Waals surface area contributed by atoms with Crippen LogP contribution >= 0.6 is 11.3 Å². The molecule has 3 N–H and O–H groups in total. The fraction of sp³-hybridized carbons (Fsp3) is 0.391. The minimum atomic E-state index is -4.38. The molecule has 5 rings (SSSR count). The fourth-order valence-electron chi connectivity index (χ4n) is 5.12. The summed E-state index contributed by atoms with van der Waals surface area (Å²) in [5, 5.41) is 15.6. The molecule has 3 aliphatic rings. The highest BCUT2D eigenvalue weighted by molar-refractivity contribution is 7.91. The van der Waals surface area contributed by atoms with Gasteiger partial charge in [-0.05, 0) is 24.3 Å². The van der Waals surface area contributed by atoms with E-state index < -0.39 is 49.5 Å². The molecule has 3 heterocycles. The Kier molecular flexibility index (Phi) is 6.82. The van der Waals surface area contributed by atoms with Gasteiger partial charge in [-0.2, -0.15) is 8.42 Å². The highest BCUT2D eigenvalue weighted by Crippen LogP contribution is 2.42. The summed E-state index contributed by atoms with van der Waals surface area (Å²) in [5.74, 6) is -3.45. The Balaban J connectivity index is 1.53. The number of amidine groups is 1. The number of carbonyl (C=O) groups excluding carboxylic acids is 1. The summed E-state index contributed by atoms with van der Waals surface area (Å²) in [6.07, 6.45) is 3.59. The van der Waals surface area contributed by atoms with Crippen molar-refractivity contribution >= 4 is 48.1 Å². The molecule has 15 heteroatoms. The zero-order valence-corrected chi connectivity index (χ0v) is 22.5. The molecule has 38 heavy (non-hydrogen) atoms. The van der Waals surface area contributed by atoms with Crippen molar-refractivity contribution in [1.82, 2.24) is 9.62 Å². The first-order valence-electron chi connectivity index (χ1n) is 11.7. The Bertz CT molecular complexity index is 1600. The number of halogens is 2. The van der Waals surface area contributed by atoms with Crippen LogP contribution in [0.2, 0.25) is 0 Å². The molecule has 0 saturated heterocycles. The van der Waals surface area contributed by atoms with E-state index in [1.54, 1.807) is 0 Å². The zero-order chi connectivity index (χ0) is 27.4. The number of hydrogen-bond acceptors (Lipinski definition) is 8. The third-order valence-electron chi connectivity index (χ3n) is 6.85. The van der Waals surface area contributed by atoms with Crippen LogP contribution in [-0.4, -0.2) is 50.9 Å². The molecule has 2 aliphatic heterocycles. The number of nitrogens with zero attached hydrogens (tertiary/aromatic N) is 2. The zero-order valence-electron chi connectivity index (χ0n) is 20.1. The molecule has 1 amide bonds. The summed E-state index contributed by atoms with van der Waals surface area (Å²) in [5.41, 5.74) is -0.0618. The van der Waals surface area contributed by atoms with Crippen LogP contribution in [0.5, 0.6) is 0 Å². The first kappa shape index (κ1) is 26.7. The molecule has 10 nitrogen and oxygen atoms in total. The Labute approximate surface area is 222 Å². The number of amides is 1. The van der Waals surface area contributed by atoms with Crippen LogP contribution < -0.4 is 10.0 Å². The van der Waals surface area contributed by atoms with Gasteiger partial charge in [0, 0.05) is 42.2 Å². The third kappa shape index (κ3) is 4.95. The van der Waals surface area contributed by atoms with Crippen LogP contribution in [0.4, 0.5) is 13.8 Å². The van der Waals surface area contributed by atoms with Gasteiger partial charge in [-0.1, -0.05) is 18.9 Å². The summed E-state index contributed by atoms with van der Waals surface area (Å²) in [7, 11) is -7.97. The molecule has 0 radical (unpaired) electrons. The van der Waals surface area contributed by atoms with E-state index in [2.05, 4.69) is 14.4 Å². The van der Waals surface area contributed by atoms with E-state index in [0.29, 0.717) is 12.8 Å². The van der Waals surface area contributed by atoms with E-state index >= 15 is 0 Å². The molecule has 1 aromatic carbocycles. The van der Waals surface area contributed by atoms with E-state index in [4.69, 9.17) is 0 Å². The van der Waals surface area contributed by atoms with Crippen molar-refractivity contribution in [1.29, 1.82) is 0 Å². The van der Waals surface area contributed by atoms with Crippen LogP contribution in [0.25, 0.3) is 0 Å². The lowest BCUT2D eigenvalue weighted by Crippen LogP contribution is -2.52. The maximum absolute atomic E-state index is 14.5. The largest absolute Gasteiger partial charge is 0.511 e. The molecule has 1 aliphatic carbocycles. The number of fused-ring (bicyclic) bond motifs is 2. The van der Waals surface area contributed by atoms with Crippen molar-refractivity contribution < 1.29 is 35.5 Å². The first-order chi connectivity index (χ1) is 17.9. The van der Waals surface area contributed by atoms with E-state index in [-0.39, 0.29) is 51.3 Å². The monoisotopic (exact) mass is 586 g/mol. The number of sulfonamides is 2. The van der Waals surface area contributed by atoms with E-state index in [0.717, 1.165) is 42.6 Å². The molecular weight excluding hydrogens is 562 g/mol. The van der Waals surface area contributed by atoms with Crippen molar-refractivity contribution in [3.8, 4) is 0 Å². The van der Waals surface area contributed by atoms with E-state index in [1.807, 2.05) is 0 Å². The van der Waals surface area contributed by atoms with Crippen LogP contribution in [0.3, 0.4) is 0 Å². The third-order valence-corrected chi connectivity index (χ3v) is 9.99. The molecule has 0 spiro atoms. The number of aliphatic hydroxyl groups excluding tert-OH is 1. The SMILES string of the molecule is CS(=O)(=O)NCc1csc2c1S(=O)(=O)N=C(C1=C(O)[C@H]3CCCC[C@H]3N(Cc3ccc(F)cc3F)C1=O)N2. The number of aliphatic hydroxyl groups is 1. The van der Waals surface area contributed by atoms with Gasteiger partial charge in [0.25, 0.3) is 15.9 Å². The van der Waals surface area contributed by atoms with Crippen LogP contribution in [0.1, 0.15) is 36.8 Å². The Morgan fingerprint density at radius 2 is 1.97 bits per heavy atom. The highest BCUT2D eigenvalue weighted by Gasteiger charge is 2.46. The predicted octanol–water partition coefficient (Wildman–Crippen LogP) is 3.00. The number of nitrogens with one attached hydrogen (secondary N) is 2. The maximum atomic E-state index is 14.5. The van der Waals surface area contributed by atoms with Gasteiger partial charge in [0.1, 0.15) is 32.9 Å². The molecule has 204 valence electrons. The van der Waals surface area contributed by atoms with Gasteiger partial charge in [0.15, 0.2) is 5.84 Å². The molecule has 2 atom stereocenters. The topological polar surface area (TPSA) is 145 Å². The summed E-state index contributed by atoms with van der Waals surface area (Å²) >= 11 is 0.984. The van der Waals surface area contributed by atoms with Gasteiger partial charge in [-0.15, -0.1) is 15.7 Å². The smallest absolute Gasteiger partial charge is 0.287 e. The summed E-state index contributed by atoms with van der Waals surface area (Å²) in [6.45, 7) is -0.474. The fourth-order valence-corrected chi connectivity index (χ4v) is 8.15. The summed E-state index contributed by atoms with van der Waals surface area (Å²) in [6, 6.07) is 2.62. The molecule has 0 bridgehead atoms. The number of anilines is 1. The number of carbonyl (C=O) groups is 1. The maximum Gasteiger partial charge on any atom is 0.287 e. The normalized spacial score (nSPS) is 23.0. The van der Waals surface area contributed by atoms with Gasteiger partial charge in [0.05, 0.1) is 6.26 Å². The standard InChI is InChI=1S/C23H24F2N4O6S3/c1-37(32,33)26-9-13-11-36-22-20(13)38(34,35)28-21(27-22)18-19(30)15-4-2-3-5-17(15)29(23(18)31)10-12-6-7-14(24)8-16(12)25/h6-8,11,15,17,26,30H,2-5,9-10H2,1H3,(H,27,28)/t15-,17+/m0/s1. The van der Waals surface area contributed by atoms with Crippen LogP contribution in [0.15, 0.2) is 44.2 Å². The van der Waals surface area contributed by atoms with Crippen molar-refractivity contribution in [3.63, 3.8) is 0 Å². The number of hydrogen-bond donors (Lipinski definition) is 3. The van der Waals surface area contributed by atoms with Crippen molar-refractivity contribution in [3.05, 3.63) is 57.7 Å². The number of benzene rings is 1. The van der Waals surface area contributed by atoms with Crippen molar-refractivity contribution in [2.24, 2.45) is 10.3 Å². The first-order valence-corrected chi connectivity index (χ1v) is 15.9. The minimum Gasteiger partial charge on any atom is -0.511 e. The molecule has 0 unspecified atom stereocenters.